The van der Waals surface area contributed by atoms with E-state index in [1.54, 1.807) is 24.3 Å². The van der Waals surface area contributed by atoms with Crippen LogP contribution >= 0.6 is 23.8 Å². The lowest BCUT2D eigenvalue weighted by Gasteiger charge is -2.15. The molecule has 0 fully saturated rings. The third-order valence-corrected chi connectivity index (χ3v) is 4.06. The van der Waals surface area contributed by atoms with Crippen molar-refractivity contribution in [1.29, 1.82) is 0 Å². The van der Waals surface area contributed by atoms with Gasteiger partial charge in [0.15, 0.2) is 5.11 Å². The van der Waals surface area contributed by atoms with Gasteiger partial charge in [-0.05, 0) is 54.9 Å². The lowest BCUT2D eigenvalue weighted by Crippen LogP contribution is -2.34. The number of hydrogen-bond donors (Lipinski definition) is 2. The largest absolute Gasteiger partial charge is 0.492 e. The molecule has 0 atom stereocenters. The standard InChI is InChI=1S/C19H21ClN2O2S/c1-12(2)11-24-17-10-5-4-7-14(17)18(23)22-19(25)21-16-9-6-8-15(20)13(16)3/h4-10,12H,11H2,1-3H3,(H2,21,22,23,25). The molecule has 0 unspecified atom stereocenters. The average Bonchev–Trinajstić information content (AvgIpc) is 2.57. The summed E-state index contributed by atoms with van der Waals surface area (Å²) in [5.41, 5.74) is 2.05. The number of benzene rings is 2. The number of halogens is 1. The Labute approximate surface area is 158 Å². The van der Waals surface area contributed by atoms with Crippen molar-refractivity contribution in [1.82, 2.24) is 5.32 Å². The Hall–Kier alpha value is -2.11. The predicted octanol–water partition coefficient (Wildman–Crippen LogP) is 4.81. The van der Waals surface area contributed by atoms with Crippen LogP contribution in [0.5, 0.6) is 5.75 Å². The Morgan fingerprint density at radius 1 is 1.20 bits per heavy atom. The molecule has 1 amide bonds. The van der Waals surface area contributed by atoms with Gasteiger partial charge in [0.2, 0.25) is 0 Å². The van der Waals surface area contributed by atoms with Crippen LogP contribution in [0.15, 0.2) is 42.5 Å². The number of nitrogens with one attached hydrogen (secondary N) is 2. The minimum absolute atomic E-state index is 0.203. The summed E-state index contributed by atoms with van der Waals surface area (Å²) < 4.78 is 5.71. The summed E-state index contributed by atoms with van der Waals surface area (Å²) in [6.45, 7) is 6.52. The number of para-hydroxylation sites is 1. The quantitative estimate of drug-likeness (QED) is 0.735. The van der Waals surface area contributed by atoms with E-state index in [0.29, 0.717) is 28.9 Å². The van der Waals surface area contributed by atoms with Gasteiger partial charge in [-0.3, -0.25) is 10.1 Å². The van der Waals surface area contributed by atoms with Crippen LogP contribution in [-0.4, -0.2) is 17.6 Å². The van der Waals surface area contributed by atoms with Crippen LogP contribution < -0.4 is 15.4 Å². The molecule has 0 radical (unpaired) electrons. The molecule has 2 aromatic carbocycles. The van der Waals surface area contributed by atoms with Gasteiger partial charge in [0.05, 0.1) is 12.2 Å². The van der Waals surface area contributed by atoms with Crippen molar-refractivity contribution < 1.29 is 9.53 Å². The van der Waals surface area contributed by atoms with Gasteiger partial charge in [-0.1, -0.05) is 43.6 Å². The van der Waals surface area contributed by atoms with E-state index in [-0.39, 0.29) is 11.0 Å². The minimum Gasteiger partial charge on any atom is -0.492 e. The molecule has 0 aromatic heterocycles. The van der Waals surface area contributed by atoms with Gasteiger partial charge in [0.25, 0.3) is 5.91 Å². The third-order valence-electron chi connectivity index (χ3n) is 3.45. The summed E-state index contributed by atoms with van der Waals surface area (Å²) in [4.78, 5) is 12.5. The van der Waals surface area contributed by atoms with Crippen LogP contribution in [0, 0.1) is 12.8 Å². The van der Waals surface area contributed by atoms with Crippen molar-refractivity contribution in [2.24, 2.45) is 5.92 Å². The predicted molar refractivity (Wildman–Crippen MR) is 107 cm³/mol. The van der Waals surface area contributed by atoms with Gasteiger partial charge >= 0.3 is 0 Å². The van der Waals surface area contributed by atoms with Gasteiger partial charge in [0.1, 0.15) is 5.75 Å². The smallest absolute Gasteiger partial charge is 0.261 e. The van der Waals surface area contributed by atoms with Crippen molar-refractivity contribution >= 4 is 40.5 Å². The highest BCUT2D eigenvalue weighted by atomic mass is 35.5. The average molecular weight is 377 g/mol. The first-order valence-electron chi connectivity index (χ1n) is 7.97. The Balaban J connectivity index is 2.06. The second-order valence-corrected chi connectivity index (χ2v) is 6.84. The highest BCUT2D eigenvalue weighted by Gasteiger charge is 2.14. The van der Waals surface area contributed by atoms with Crippen LogP contribution in [0.4, 0.5) is 5.69 Å². The molecule has 2 N–H and O–H groups in total. The molecule has 0 saturated heterocycles. The molecule has 0 aliphatic heterocycles. The van der Waals surface area contributed by atoms with Gasteiger partial charge < -0.3 is 10.1 Å². The number of anilines is 1. The first kappa shape index (κ1) is 19.2. The van der Waals surface area contributed by atoms with Crippen LogP contribution in [0.3, 0.4) is 0 Å². The van der Waals surface area contributed by atoms with Crippen LogP contribution in [0.1, 0.15) is 29.8 Å². The zero-order valence-electron chi connectivity index (χ0n) is 14.4. The van der Waals surface area contributed by atoms with E-state index in [0.717, 1.165) is 11.3 Å². The zero-order valence-corrected chi connectivity index (χ0v) is 16.0. The normalized spacial score (nSPS) is 10.4. The molecule has 2 aromatic rings. The van der Waals surface area contributed by atoms with E-state index in [4.69, 9.17) is 28.6 Å². The maximum Gasteiger partial charge on any atom is 0.261 e. The fourth-order valence-corrected chi connectivity index (χ4v) is 2.48. The topological polar surface area (TPSA) is 50.4 Å². The number of ether oxygens (including phenoxy) is 1. The molecule has 132 valence electrons. The molecule has 0 bridgehead atoms. The van der Waals surface area contributed by atoms with E-state index >= 15 is 0 Å². The highest BCUT2D eigenvalue weighted by Crippen LogP contribution is 2.23. The van der Waals surface area contributed by atoms with Crippen LogP contribution in [0.2, 0.25) is 5.02 Å². The SMILES string of the molecule is Cc1c(Cl)cccc1NC(=S)NC(=O)c1ccccc1OCC(C)C. The summed E-state index contributed by atoms with van der Waals surface area (Å²) in [5, 5.41) is 6.51. The molecule has 0 heterocycles. The summed E-state index contributed by atoms with van der Waals surface area (Å²) >= 11 is 11.3. The molecule has 0 aliphatic rings. The van der Waals surface area contributed by atoms with Gasteiger partial charge in [-0.15, -0.1) is 0 Å². The van der Waals surface area contributed by atoms with E-state index in [1.807, 2.05) is 25.1 Å². The zero-order chi connectivity index (χ0) is 18.4. The van der Waals surface area contributed by atoms with E-state index in [1.165, 1.54) is 0 Å². The van der Waals surface area contributed by atoms with Crippen molar-refractivity contribution in [3.63, 3.8) is 0 Å². The third kappa shape index (κ3) is 5.44. The first-order valence-corrected chi connectivity index (χ1v) is 8.76. The van der Waals surface area contributed by atoms with Gasteiger partial charge in [-0.25, -0.2) is 0 Å². The lowest BCUT2D eigenvalue weighted by atomic mass is 10.2. The Bertz CT molecular complexity index is 778. The fraction of sp³-hybridized carbons (Fsp3) is 0.263. The number of carbonyl (C=O) groups excluding carboxylic acids is 1. The number of hydrogen-bond acceptors (Lipinski definition) is 3. The second-order valence-electron chi connectivity index (χ2n) is 6.02. The molecule has 0 aliphatic carbocycles. The maximum atomic E-state index is 12.5. The van der Waals surface area contributed by atoms with Gasteiger partial charge in [-0.2, -0.15) is 0 Å². The summed E-state index contributed by atoms with van der Waals surface area (Å²) in [7, 11) is 0. The molecule has 6 heteroatoms. The first-order chi connectivity index (χ1) is 11.9. The van der Waals surface area contributed by atoms with Crippen molar-refractivity contribution in [3.8, 4) is 5.75 Å². The van der Waals surface area contributed by atoms with E-state index < -0.39 is 0 Å². The molecule has 25 heavy (non-hydrogen) atoms. The van der Waals surface area contributed by atoms with E-state index in [9.17, 15) is 4.79 Å². The molecule has 4 nitrogen and oxygen atoms in total. The highest BCUT2D eigenvalue weighted by molar-refractivity contribution is 7.80. The Morgan fingerprint density at radius 3 is 2.64 bits per heavy atom. The number of rotatable bonds is 5. The summed E-state index contributed by atoms with van der Waals surface area (Å²) in [6.07, 6.45) is 0. The monoisotopic (exact) mass is 376 g/mol. The van der Waals surface area contributed by atoms with Crippen molar-refractivity contribution in [3.05, 3.63) is 58.6 Å². The second kappa shape index (κ2) is 8.83. The molecule has 0 spiro atoms. The Kier molecular flexibility index (Phi) is 6.79. The van der Waals surface area contributed by atoms with E-state index in [2.05, 4.69) is 24.5 Å². The minimum atomic E-state index is -0.323. The number of carbonyl (C=O) groups is 1. The van der Waals surface area contributed by atoms with Crippen LogP contribution in [0.25, 0.3) is 0 Å². The molecular formula is C19H21ClN2O2S. The molecule has 2 rings (SSSR count). The van der Waals surface area contributed by atoms with Crippen LogP contribution in [-0.2, 0) is 0 Å². The Morgan fingerprint density at radius 2 is 1.92 bits per heavy atom. The summed E-state index contributed by atoms with van der Waals surface area (Å²) in [6, 6.07) is 12.6. The number of thiocarbonyl (C=S) groups is 1. The fourth-order valence-electron chi connectivity index (χ4n) is 2.10. The van der Waals surface area contributed by atoms with Crippen molar-refractivity contribution in [2.45, 2.75) is 20.8 Å². The molecular weight excluding hydrogens is 356 g/mol. The maximum absolute atomic E-state index is 12.5. The molecule has 0 saturated carbocycles. The summed E-state index contributed by atoms with van der Waals surface area (Å²) in [5.74, 6) is 0.580. The number of amides is 1. The van der Waals surface area contributed by atoms with Gasteiger partial charge in [0, 0.05) is 10.7 Å². The van der Waals surface area contributed by atoms with Crippen molar-refractivity contribution in [2.75, 3.05) is 11.9 Å². The lowest BCUT2D eigenvalue weighted by molar-refractivity contribution is 0.0973.